The number of benzene rings is 2. The van der Waals surface area contributed by atoms with Crippen LogP contribution in [0.25, 0.3) is 0 Å². The molecular weight excluding hydrogens is 556 g/mol. The van der Waals surface area contributed by atoms with Crippen LogP contribution >= 0.6 is 0 Å². The second kappa shape index (κ2) is 14.4. The van der Waals surface area contributed by atoms with E-state index in [4.69, 9.17) is 18.9 Å². The summed E-state index contributed by atoms with van der Waals surface area (Å²) in [4.78, 5) is 14.4. The maximum Gasteiger partial charge on any atom is 0.410 e. The summed E-state index contributed by atoms with van der Waals surface area (Å²) in [6, 6.07) is 12.4. The van der Waals surface area contributed by atoms with E-state index in [1.54, 1.807) is 43.0 Å². The SMILES string of the molecule is CC(C)NS(=O)(=O)c1cccc(C#CCCOCCCCCCN2CC(c3ccc4c(c3)COC(C)(C)O4)OC2=O)c1. The van der Waals surface area contributed by atoms with Crippen LogP contribution in [0.15, 0.2) is 47.4 Å². The molecule has 0 radical (unpaired) electrons. The smallest absolute Gasteiger partial charge is 0.410 e. The molecule has 42 heavy (non-hydrogen) atoms. The minimum absolute atomic E-state index is 0.176. The Bertz CT molecular complexity index is 1400. The number of cyclic esters (lactones) is 1. The number of rotatable bonds is 13. The lowest BCUT2D eigenvalue weighted by atomic mass is 10.0. The summed E-state index contributed by atoms with van der Waals surface area (Å²) >= 11 is 0. The molecule has 2 heterocycles. The van der Waals surface area contributed by atoms with Crippen LogP contribution < -0.4 is 9.46 Å². The summed E-state index contributed by atoms with van der Waals surface area (Å²) in [6.07, 6.45) is 3.90. The largest absolute Gasteiger partial charge is 0.463 e. The second-order valence-corrected chi connectivity index (χ2v) is 13.1. The van der Waals surface area contributed by atoms with E-state index in [1.807, 2.05) is 32.0 Å². The highest BCUT2D eigenvalue weighted by atomic mass is 32.2. The molecule has 0 bridgehead atoms. The number of unbranched alkanes of at least 4 members (excludes halogenated alkanes) is 3. The van der Waals surface area contributed by atoms with Crippen molar-refractivity contribution in [2.45, 2.75) is 89.2 Å². The number of carbonyl (C=O) groups is 1. The number of sulfonamides is 1. The number of amides is 1. The molecule has 1 amide bonds. The average molecular weight is 599 g/mol. The molecule has 1 N–H and O–H groups in total. The molecule has 2 aliphatic rings. The van der Waals surface area contributed by atoms with Gasteiger partial charge in [0.05, 0.1) is 24.7 Å². The monoisotopic (exact) mass is 598 g/mol. The molecule has 4 rings (SSSR count). The first kappa shape index (κ1) is 31.8. The Labute approximate surface area is 249 Å². The molecular formula is C32H42N2O7S. The van der Waals surface area contributed by atoms with Gasteiger partial charge < -0.3 is 23.8 Å². The van der Waals surface area contributed by atoms with Gasteiger partial charge >= 0.3 is 6.09 Å². The van der Waals surface area contributed by atoms with E-state index in [1.165, 1.54) is 0 Å². The van der Waals surface area contributed by atoms with Crippen LogP contribution in [-0.2, 0) is 30.8 Å². The average Bonchev–Trinajstić information content (AvgIpc) is 3.30. The van der Waals surface area contributed by atoms with Gasteiger partial charge in [-0.2, -0.15) is 0 Å². The molecule has 1 unspecified atom stereocenters. The van der Waals surface area contributed by atoms with E-state index < -0.39 is 15.8 Å². The third-order valence-electron chi connectivity index (χ3n) is 6.88. The highest BCUT2D eigenvalue weighted by Gasteiger charge is 2.33. The lowest BCUT2D eigenvalue weighted by Crippen LogP contribution is -2.35. The number of fused-ring (bicyclic) bond motifs is 1. The van der Waals surface area contributed by atoms with Crippen LogP contribution in [0.3, 0.4) is 0 Å². The lowest BCUT2D eigenvalue weighted by molar-refractivity contribution is -0.180. The van der Waals surface area contributed by atoms with Crippen molar-refractivity contribution in [2.24, 2.45) is 0 Å². The number of hydrogen-bond acceptors (Lipinski definition) is 7. The fourth-order valence-corrected chi connectivity index (χ4v) is 6.09. The van der Waals surface area contributed by atoms with Crippen molar-refractivity contribution < 1.29 is 32.2 Å². The van der Waals surface area contributed by atoms with Crippen LogP contribution in [0.2, 0.25) is 0 Å². The fraction of sp³-hybridized carbons (Fsp3) is 0.531. The first-order valence-electron chi connectivity index (χ1n) is 14.6. The van der Waals surface area contributed by atoms with Crippen LogP contribution in [0.4, 0.5) is 4.79 Å². The predicted octanol–water partition coefficient (Wildman–Crippen LogP) is 5.53. The molecule has 228 valence electrons. The van der Waals surface area contributed by atoms with E-state index >= 15 is 0 Å². The molecule has 1 saturated heterocycles. The molecule has 2 aromatic carbocycles. The third kappa shape index (κ3) is 9.20. The van der Waals surface area contributed by atoms with Crippen LogP contribution in [-0.4, -0.2) is 57.5 Å². The Hall–Kier alpha value is -3.10. The van der Waals surface area contributed by atoms with Gasteiger partial charge in [-0.25, -0.2) is 17.9 Å². The normalized spacial score (nSPS) is 17.8. The molecule has 1 atom stereocenters. The quantitative estimate of drug-likeness (QED) is 0.239. The van der Waals surface area contributed by atoms with Gasteiger partial charge in [0.25, 0.3) is 0 Å². The summed E-state index contributed by atoms with van der Waals surface area (Å²) in [6.45, 7) is 10.2. The molecule has 0 aliphatic carbocycles. The Kier molecular flexibility index (Phi) is 10.9. The number of ether oxygens (including phenoxy) is 4. The molecule has 0 spiro atoms. The van der Waals surface area contributed by atoms with Crippen molar-refractivity contribution in [1.29, 1.82) is 0 Å². The molecule has 2 aliphatic heterocycles. The zero-order chi connectivity index (χ0) is 30.2. The maximum absolute atomic E-state index is 12.4. The molecule has 10 heteroatoms. The van der Waals surface area contributed by atoms with Crippen molar-refractivity contribution >= 4 is 16.1 Å². The summed E-state index contributed by atoms with van der Waals surface area (Å²) in [5.41, 5.74) is 2.58. The van der Waals surface area contributed by atoms with E-state index in [0.717, 1.165) is 42.6 Å². The van der Waals surface area contributed by atoms with E-state index in [9.17, 15) is 13.2 Å². The van der Waals surface area contributed by atoms with Crippen LogP contribution in [0.1, 0.15) is 82.6 Å². The van der Waals surface area contributed by atoms with Gasteiger partial charge in [-0.15, -0.1) is 0 Å². The highest BCUT2D eigenvalue weighted by molar-refractivity contribution is 7.89. The molecule has 9 nitrogen and oxygen atoms in total. The van der Waals surface area contributed by atoms with Crippen molar-refractivity contribution in [2.75, 3.05) is 26.3 Å². The first-order valence-corrected chi connectivity index (χ1v) is 16.1. The zero-order valence-corrected chi connectivity index (χ0v) is 25.8. The Morgan fingerprint density at radius 2 is 1.90 bits per heavy atom. The third-order valence-corrected chi connectivity index (χ3v) is 8.54. The van der Waals surface area contributed by atoms with Gasteiger partial charge in [-0.05, 0) is 62.6 Å². The standard InChI is InChI=1S/C32H42N2O7S/c1-24(2)33-42(36,37)28-14-11-13-25(20-28)12-7-10-19-38-18-9-6-5-8-17-34-22-30(40-31(34)35)26-15-16-29-27(21-26)23-39-32(3,4)41-29/h11,13-16,20-21,24,30,33H,5-6,8-10,17-19,22-23H2,1-4H3. The van der Waals surface area contributed by atoms with Gasteiger partial charge in [-0.3, -0.25) is 0 Å². The molecule has 0 aromatic heterocycles. The van der Waals surface area contributed by atoms with E-state index in [2.05, 4.69) is 16.6 Å². The summed E-state index contributed by atoms with van der Waals surface area (Å²) in [5.74, 6) is 6.23. The second-order valence-electron chi connectivity index (χ2n) is 11.4. The van der Waals surface area contributed by atoms with Gasteiger partial charge in [0, 0.05) is 50.6 Å². The van der Waals surface area contributed by atoms with E-state index in [0.29, 0.717) is 44.9 Å². The number of nitrogens with zero attached hydrogens (tertiary/aromatic N) is 1. The van der Waals surface area contributed by atoms with Gasteiger partial charge in [-0.1, -0.05) is 36.8 Å². The minimum Gasteiger partial charge on any atom is -0.463 e. The van der Waals surface area contributed by atoms with Crippen LogP contribution in [0.5, 0.6) is 5.75 Å². The minimum atomic E-state index is -3.54. The Morgan fingerprint density at radius 3 is 2.71 bits per heavy atom. The van der Waals surface area contributed by atoms with Crippen LogP contribution in [0, 0.1) is 11.8 Å². The van der Waals surface area contributed by atoms with Crippen molar-refractivity contribution in [3.8, 4) is 17.6 Å². The van der Waals surface area contributed by atoms with Crippen molar-refractivity contribution in [1.82, 2.24) is 9.62 Å². The Balaban J connectivity index is 1.08. The molecule has 2 aromatic rings. The first-order chi connectivity index (χ1) is 20.0. The maximum atomic E-state index is 12.4. The summed E-state index contributed by atoms with van der Waals surface area (Å²) < 4.78 is 50.2. The zero-order valence-electron chi connectivity index (χ0n) is 25.0. The topological polar surface area (TPSA) is 103 Å². The highest BCUT2D eigenvalue weighted by Crippen LogP contribution is 2.35. The van der Waals surface area contributed by atoms with Crippen molar-refractivity contribution in [3.63, 3.8) is 0 Å². The number of nitrogens with one attached hydrogen (secondary N) is 1. The molecule has 0 saturated carbocycles. The van der Waals surface area contributed by atoms with Gasteiger partial charge in [0.1, 0.15) is 11.9 Å². The van der Waals surface area contributed by atoms with Gasteiger partial charge in [0.15, 0.2) is 0 Å². The summed E-state index contributed by atoms with van der Waals surface area (Å²) in [5, 5.41) is 0. The predicted molar refractivity (Wildman–Crippen MR) is 159 cm³/mol. The van der Waals surface area contributed by atoms with Crippen molar-refractivity contribution in [3.05, 3.63) is 59.2 Å². The molecule has 1 fully saturated rings. The number of hydrogen-bond donors (Lipinski definition) is 1. The summed E-state index contributed by atoms with van der Waals surface area (Å²) in [7, 11) is -3.54. The fourth-order valence-electron chi connectivity index (χ4n) is 4.79. The van der Waals surface area contributed by atoms with Gasteiger partial charge in [0.2, 0.25) is 15.8 Å². The number of carbonyl (C=O) groups excluding carboxylic acids is 1. The van der Waals surface area contributed by atoms with E-state index in [-0.39, 0.29) is 23.1 Å². The lowest BCUT2D eigenvalue weighted by Gasteiger charge is -2.32. The Morgan fingerprint density at radius 1 is 1.10 bits per heavy atom.